The summed E-state index contributed by atoms with van der Waals surface area (Å²) in [6.45, 7) is 15.5. The second-order valence-electron chi connectivity index (χ2n) is 9.43. The average molecular weight is 552 g/mol. The predicted octanol–water partition coefficient (Wildman–Crippen LogP) is 6.98. The molecule has 0 saturated carbocycles. The van der Waals surface area contributed by atoms with Crippen molar-refractivity contribution in [1.82, 2.24) is 30.4 Å². The fourth-order valence-corrected chi connectivity index (χ4v) is 5.32. The fraction of sp³-hybridized carbons (Fsp3) is 0.219. The van der Waals surface area contributed by atoms with Gasteiger partial charge in [-0.05, 0) is 56.2 Å². The summed E-state index contributed by atoms with van der Waals surface area (Å²) >= 11 is 1.71. The van der Waals surface area contributed by atoms with Gasteiger partial charge in [-0.15, -0.1) is 11.3 Å². The van der Waals surface area contributed by atoms with E-state index in [1.54, 1.807) is 11.3 Å². The molecule has 0 aromatic carbocycles. The molecule has 0 amide bonds. The molecule has 1 aliphatic rings. The number of aryl methyl sites for hydroxylation is 1. The van der Waals surface area contributed by atoms with Crippen LogP contribution in [0.3, 0.4) is 0 Å². The Hall–Kier alpha value is -4.27. The monoisotopic (exact) mass is 551 g/mol. The van der Waals surface area contributed by atoms with E-state index in [1.165, 1.54) is 4.88 Å². The van der Waals surface area contributed by atoms with Gasteiger partial charge in [-0.2, -0.15) is 5.10 Å². The minimum Gasteiger partial charge on any atom is -0.357 e. The minimum atomic E-state index is 0.591. The van der Waals surface area contributed by atoms with Crippen LogP contribution in [0.15, 0.2) is 89.7 Å². The molecule has 3 N–H and O–H groups in total. The molecular weight excluding hydrogens is 514 g/mol. The van der Waals surface area contributed by atoms with Gasteiger partial charge in [0.15, 0.2) is 5.65 Å². The van der Waals surface area contributed by atoms with Crippen LogP contribution in [-0.4, -0.2) is 58.5 Å². The number of nitrogens with zero attached hydrogens (tertiary/aromatic N) is 4. The maximum atomic E-state index is 4.66. The summed E-state index contributed by atoms with van der Waals surface area (Å²) in [6, 6.07) is 8.50. The molecule has 0 fully saturated rings. The van der Waals surface area contributed by atoms with E-state index in [0.717, 1.165) is 62.7 Å². The Morgan fingerprint density at radius 1 is 1.25 bits per heavy atom. The first kappa shape index (κ1) is 28.7. The first-order chi connectivity index (χ1) is 19.4. The normalized spacial score (nSPS) is 13.4. The van der Waals surface area contributed by atoms with Crippen LogP contribution in [0.2, 0.25) is 0 Å². The molecule has 4 aromatic rings. The van der Waals surface area contributed by atoms with Gasteiger partial charge in [0.2, 0.25) is 0 Å². The second kappa shape index (κ2) is 13.2. The average Bonchev–Trinajstić information content (AvgIpc) is 3.66. The van der Waals surface area contributed by atoms with E-state index >= 15 is 0 Å². The van der Waals surface area contributed by atoms with Crippen molar-refractivity contribution in [1.29, 1.82) is 0 Å². The van der Waals surface area contributed by atoms with Crippen molar-refractivity contribution in [3.63, 3.8) is 0 Å². The van der Waals surface area contributed by atoms with Crippen LogP contribution < -0.4 is 5.32 Å². The lowest BCUT2D eigenvalue weighted by atomic mass is 10.0. The Balaban J connectivity index is 0.00000181. The lowest BCUT2D eigenvalue weighted by Crippen LogP contribution is -2.24. The molecular formula is C32H37N7S. The van der Waals surface area contributed by atoms with Gasteiger partial charge >= 0.3 is 0 Å². The van der Waals surface area contributed by atoms with Gasteiger partial charge in [-0.25, -0.2) is 4.98 Å². The van der Waals surface area contributed by atoms with Crippen LogP contribution in [0.5, 0.6) is 0 Å². The molecule has 0 unspecified atom stereocenters. The number of fused-ring (bicyclic) bond motifs is 1. The molecule has 40 heavy (non-hydrogen) atoms. The number of aromatic amines is 2. The minimum absolute atomic E-state index is 0.591. The number of rotatable bonds is 9. The summed E-state index contributed by atoms with van der Waals surface area (Å²) in [6.07, 6.45) is 11.8. The van der Waals surface area contributed by atoms with E-state index < -0.39 is 0 Å². The second-order valence-corrected chi connectivity index (χ2v) is 10.4. The number of nitrogens with one attached hydrogen (secondary N) is 3. The highest BCUT2D eigenvalue weighted by Gasteiger charge is 2.17. The third-order valence-electron chi connectivity index (χ3n) is 6.17. The third kappa shape index (κ3) is 6.47. The van der Waals surface area contributed by atoms with E-state index in [2.05, 4.69) is 103 Å². The van der Waals surface area contributed by atoms with Crippen LogP contribution in [0, 0.1) is 6.92 Å². The highest BCUT2D eigenvalue weighted by molar-refractivity contribution is 7.11. The Morgan fingerprint density at radius 3 is 2.80 bits per heavy atom. The Morgan fingerprint density at radius 2 is 2.08 bits per heavy atom. The Labute approximate surface area is 240 Å². The van der Waals surface area contributed by atoms with E-state index in [0.29, 0.717) is 12.2 Å². The van der Waals surface area contributed by atoms with Crippen molar-refractivity contribution >= 4 is 39.7 Å². The summed E-state index contributed by atoms with van der Waals surface area (Å²) in [7, 11) is 4.04. The van der Waals surface area contributed by atoms with Crippen molar-refractivity contribution in [3.05, 3.63) is 106 Å². The van der Waals surface area contributed by atoms with E-state index in [-0.39, 0.29) is 0 Å². The molecule has 7 nitrogen and oxygen atoms in total. The highest BCUT2D eigenvalue weighted by atomic mass is 32.1. The van der Waals surface area contributed by atoms with Gasteiger partial charge in [0, 0.05) is 57.3 Å². The number of hydrogen-bond donors (Lipinski definition) is 3. The third-order valence-corrected chi connectivity index (χ3v) is 7.08. The van der Waals surface area contributed by atoms with Gasteiger partial charge in [0.1, 0.15) is 0 Å². The lowest BCUT2D eigenvalue weighted by molar-refractivity contribution is 0.438. The molecule has 4 aromatic heterocycles. The number of hydrogen-bond acceptors (Lipinski definition) is 6. The largest absolute Gasteiger partial charge is 0.357 e. The van der Waals surface area contributed by atoms with Crippen LogP contribution in [0.4, 0.5) is 0 Å². The summed E-state index contributed by atoms with van der Waals surface area (Å²) in [5.74, 6) is 0. The quantitative estimate of drug-likeness (QED) is 0.196. The number of H-pyrrole nitrogens is 2. The maximum absolute atomic E-state index is 4.66. The van der Waals surface area contributed by atoms with Gasteiger partial charge in [0.25, 0.3) is 0 Å². The van der Waals surface area contributed by atoms with Crippen LogP contribution >= 0.6 is 11.3 Å². The summed E-state index contributed by atoms with van der Waals surface area (Å²) in [5, 5.41) is 14.1. The number of pyridine rings is 1. The number of aromatic nitrogens is 4. The zero-order valence-corrected chi connectivity index (χ0v) is 24.7. The summed E-state index contributed by atoms with van der Waals surface area (Å²) in [4.78, 5) is 16.0. The zero-order valence-electron chi connectivity index (χ0n) is 23.9. The molecule has 0 radical (unpaired) electrons. The van der Waals surface area contributed by atoms with Gasteiger partial charge in [-0.3, -0.25) is 10.1 Å². The topological polar surface area (TPSA) is 85.0 Å². The molecule has 0 spiro atoms. The summed E-state index contributed by atoms with van der Waals surface area (Å²) in [5.41, 5.74) is 9.73. The highest BCUT2D eigenvalue weighted by Crippen LogP contribution is 2.34. The van der Waals surface area contributed by atoms with Gasteiger partial charge in [-0.1, -0.05) is 51.3 Å². The van der Waals surface area contributed by atoms with Crippen molar-refractivity contribution in [2.24, 2.45) is 4.99 Å². The molecule has 0 bridgehead atoms. The first-order valence-electron chi connectivity index (χ1n) is 13.4. The van der Waals surface area contributed by atoms with E-state index in [1.807, 2.05) is 46.4 Å². The Bertz CT molecular complexity index is 1610. The van der Waals surface area contributed by atoms with E-state index in [4.69, 9.17) is 0 Å². The molecule has 0 aliphatic carbocycles. The lowest BCUT2D eigenvalue weighted by Gasteiger charge is -2.14. The number of aliphatic imine (C=N–C) groups is 1. The first-order valence-corrected chi connectivity index (χ1v) is 14.2. The van der Waals surface area contributed by atoms with Crippen LogP contribution in [-0.2, 0) is 0 Å². The standard InChI is InChI=1S/C30H31N7S.C2H6/c1-6-8-24(28-9-7-12-38-28)25-15-27(34-20(25)3)29-26-14-22(16-32-30(26)36-35-29)21-10-11-31-17-23(13-21)33-19(2)18-37(4)5;1-2/h6-10,12-17,33-34H,1-2,11,18H2,3-5H3,(H,32,35,36);1-2H3/b24-8+;. The maximum Gasteiger partial charge on any atom is 0.181 e. The number of allylic oxidation sites excluding steroid dienone is 5. The van der Waals surface area contributed by atoms with Gasteiger partial charge in [0.05, 0.1) is 23.6 Å². The molecule has 8 heteroatoms. The number of thiophene rings is 1. The molecule has 206 valence electrons. The van der Waals surface area contributed by atoms with E-state index in [9.17, 15) is 0 Å². The molecule has 5 heterocycles. The summed E-state index contributed by atoms with van der Waals surface area (Å²) < 4.78 is 0. The molecule has 0 atom stereocenters. The van der Waals surface area contributed by atoms with Crippen LogP contribution in [0.1, 0.15) is 35.5 Å². The van der Waals surface area contributed by atoms with Gasteiger partial charge < -0.3 is 15.2 Å². The van der Waals surface area contributed by atoms with Crippen molar-refractivity contribution < 1.29 is 0 Å². The molecule has 0 saturated heterocycles. The SMILES string of the molecule is C=C/C=C(/c1cccs1)c1cc(-c2[nH]nc3ncc(C4=CCN=CC(NC(=C)CN(C)C)=C4)cc23)[nH]c1C.CC. The van der Waals surface area contributed by atoms with Crippen molar-refractivity contribution in [2.75, 3.05) is 27.2 Å². The number of likely N-dealkylation sites (N-methyl/N-ethyl adjacent to an activating group) is 1. The molecule has 1 aliphatic heterocycles. The van der Waals surface area contributed by atoms with Crippen LogP contribution in [0.25, 0.3) is 33.6 Å². The molecule has 5 rings (SSSR count). The predicted molar refractivity (Wildman–Crippen MR) is 172 cm³/mol. The van der Waals surface area contributed by atoms with Crippen molar-refractivity contribution in [2.45, 2.75) is 20.8 Å². The zero-order chi connectivity index (χ0) is 28.6. The fourth-order valence-electron chi connectivity index (χ4n) is 4.55. The van der Waals surface area contributed by atoms with Crippen molar-refractivity contribution in [3.8, 4) is 11.4 Å². The Kier molecular flexibility index (Phi) is 9.47. The smallest absolute Gasteiger partial charge is 0.181 e.